The lowest BCUT2D eigenvalue weighted by atomic mass is 9.88. The lowest BCUT2D eigenvalue weighted by Crippen LogP contribution is -2.37. The van der Waals surface area contributed by atoms with Gasteiger partial charge in [-0.15, -0.1) is 0 Å². The van der Waals surface area contributed by atoms with E-state index in [4.69, 9.17) is 4.52 Å². The van der Waals surface area contributed by atoms with E-state index in [1.165, 1.54) is 0 Å². The average molecular weight is 210 g/mol. The Labute approximate surface area is 92.2 Å². The third kappa shape index (κ3) is 3.67. The van der Waals surface area contributed by atoms with E-state index < -0.39 is 0 Å². The van der Waals surface area contributed by atoms with Crippen molar-refractivity contribution in [1.29, 1.82) is 0 Å². The highest BCUT2D eigenvalue weighted by atomic mass is 16.5. The van der Waals surface area contributed by atoms with Gasteiger partial charge in [0.05, 0.1) is 12.2 Å². The summed E-state index contributed by atoms with van der Waals surface area (Å²) in [7, 11) is 0. The zero-order valence-electron chi connectivity index (χ0n) is 10.4. The van der Waals surface area contributed by atoms with Crippen molar-refractivity contribution in [1.82, 2.24) is 10.5 Å². The molecule has 1 N–H and O–H groups in total. The second-order valence-corrected chi connectivity index (χ2v) is 5.11. The average Bonchev–Trinajstić information content (AvgIpc) is 2.60. The number of hydrogen-bond acceptors (Lipinski definition) is 3. The minimum absolute atomic E-state index is 0.271. The second kappa shape index (κ2) is 4.79. The van der Waals surface area contributed by atoms with Gasteiger partial charge in [-0.25, -0.2) is 0 Å². The van der Waals surface area contributed by atoms with Crippen LogP contribution in [0, 0.1) is 5.41 Å². The highest BCUT2D eigenvalue weighted by molar-refractivity contribution is 5.04. The van der Waals surface area contributed by atoms with Gasteiger partial charge in [-0.05, 0) is 18.8 Å². The van der Waals surface area contributed by atoms with Gasteiger partial charge in [-0.1, -0.05) is 32.9 Å². The van der Waals surface area contributed by atoms with Gasteiger partial charge in [0.15, 0.2) is 5.76 Å². The molecule has 3 nitrogen and oxygen atoms in total. The van der Waals surface area contributed by atoms with E-state index in [0.29, 0.717) is 6.04 Å². The molecule has 0 aliphatic carbocycles. The number of hydrogen-bond donors (Lipinski definition) is 1. The number of aromatic nitrogens is 1. The van der Waals surface area contributed by atoms with E-state index >= 15 is 0 Å². The van der Waals surface area contributed by atoms with Crippen LogP contribution in [0.3, 0.4) is 0 Å². The summed E-state index contributed by atoms with van der Waals surface area (Å²) in [6.07, 6.45) is 0.929. The van der Waals surface area contributed by atoms with Crippen LogP contribution in [0.25, 0.3) is 0 Å². The van der Waals surface area contributed by atoms with E-state index in [2.05, 4.69) is 45.1 Å². The first kappa shape index (κ1) is 12.2. The Kier molecular flexibility index (Phi) is 3.91. The van der Waals surface area contributed by atoms with Crippen LogP contribution < -0.4 is 5.32 Å². The van der Waals surface area contributed by atoms with Gasteiger partial charge in [-0.3, -0.25) is 0 Å². The Morgan fingerprint density at radius 3 is 2.60 bits per heavy atom. The van der Waals surface area contributed by atoms with E-state index in [1.54, 1.807) is 0 Å². The van der Waals surface area contributed by atoms with E-state index in [-0.39, 0.29) is 5.41 Å². The first-order chi connectivity index (χ1) is 6.93. The van der Waals surface area contributed by atoms with Gasteiger partial charge in [0.25, 0.3) is 0 Å². The predicted molar refractivity (Wildman–Crippen MR) is 61.6 cm³/mol. The summed E-state index contributed by atoms with van der Waals surface area (Å²) >= 11 is 0. The largest absolute Gasteiger partial charge is 0.360 e. The molecular formula is C12H22N2O. The third-order valence-corrected chi connectivity index (χ3v) is 2.85. The Bertz CT molecular complexity index is 299. The van der Waals surface area contributed by atoms with Crippen LogP contribution in [0.2, 0.25) is 0 Å². The molecule has 0 aliphatic rings. The summed E-state index contributed by atoms with van der Waals surface area (Å²) in [5, 5.41) is 7.40. The minimum atomic E-state index is 0.271. The zero-order chi connectivity index (χ0) is 11.5. The summed E-state index contributed by atoms with van der Waals surface area (Å²) in [5.74, 6) is 0.919. The molecule has 0 aliphatic heterocycles. The molecule has 0 aromatic carbocycles. The van der Waals surface area contributed by atoms with Crippen molar-refractivity contribution < 1.29 is 4.52 Å². The van der Waals surface area contributed by atoms with Gasteiger partial charge in [0, 0.05) is 12.1 Å². The Morgan fingerprint density at radius 1 is 1.47 bits per heavy atom. The number of nitrogens with zero attached hydrogens (tertiary/aromatic N) is 1. The van der Waals surface area contributed by atoms with Gasteiger partial charge in [0.1, 0.15) is 0 Å². The smallest absolute Gasteiger partial charge is 0.150 e. The Morgan fingerprint density at radius 2 is 2.13 bits per heavy atom. The minimum Gasteiger partial charge on any atom is -0.360 e. The molecule has 0 spiro atoms. The highest BCUT2D eigenvalue weighted by Gasteiger charge is 2.19. The van der Waals surface area contributed by atoms with E-state index in [1.807, 2.05) is 6.07 Å². The van der Waals surface area contributed by atoms with E-state index in [0.717, 1.165) is 24.4 Å². The molecule has 15 heavy (non-hydrogen) atoms. The topological polar surface area (TPSA) is 38.1 Å². The molecule has 0 saturated heterocycles. The molecule has 3 heteroatoms. The zero-order valence-corrected chi connectivity index (χ0v) is 10.4. The van der Waals surface area contributed by atoms with Crippen LogP contribution in [-0.4, -0.2) is 11.2 Å². The highest BCUT2D eigenvalue weighted by Crippen LogP contribution is 2.18. The molecule has 0 amide bonds. The maximum absolute atomic E-state index is 5.21. The number of nitrogens with one attached hydrogen (secondary N) is 1. The molecule has 0 bridgehead atoms. The lowest BCUT2D eigenvalue weighted by Gasteiger charge is -2.27. The van der Waals surface area contributed by atoms with Crippen molar-refractivity contribution >= 4 is 0 Å². The summed E-state index contributed by atoms with van der Waals surface area (Å²) in [5.41, 5.74) is 1.29. The lowest BCUT2D eigenvalue weighted by molar-refractivity contribution is 0.271. The molecule has 1 aromatic rings. The summed E-state index contributed by atoms with van der Waals surface area (Å²) in [6.45, 7) is 11.7. The molecule has 1 atom stereocenters. The Hall–Kier alpha value is -0.830. The SMILES string of the molecule is CCc1cc(CNC(C)C(C)(C)C)on1. The first-order valence-electron chi connectivity index (χ1n) is 5.61. The van der Waals surface area contributed by atoms with Crippen LogP contribution in [0.5, 0.6) is 0 Å². The summed E-state index contributed by atoms with van der Waals surface area (Å²) in [4.78, 5) is 0. The van der Waals surface area contributed by atoms with Crippen molar-refractivity contribution in [2.24, 2.45) is 5.41 Å². The fourth-order valence-corrected chi connectivity index (χ4v) is 1.17. The van der Waals surface area contributed by atoms with Crippen LogP contribution in [0.1, 0.15) is 46.1 Å². The first-order valence-corrected chi connectivity index (χ1v) is 5.61. The monoisotopic (exact) mass is 210 g/mol. The van der Waals surface area contributed by atoms with Gasteiger partial charge in [0.2, 0.25) is 0 Å². The predicted octanol–water partition coefficient (Wildman–Crippen LogP) is 2.76. The quantitative estimate of drug-likeness (QED) is 0.830. The summed E-state index contributed by atoms with van der Waals surface area (Å²) < 4.78 is 5.21. The third-order valence-electron chi connectivity index (χ3n) is 2.85. The fourth-order valence-electron chi connectivity index (χ4n) is 1.17. The van der Waals surface area contributed by atoms with Crippen LogP contribution in [-0.2, 0) is 13.0 Å². The number of rotatable bonds is 4. The van der Waals surface area contributed by atoms with Gasteiger partial charge < -0.3 is 9.84 Å². The molecule has 1 heterocycles. The second-order valence-electron chi connectivity index (χ2n) is 5.11. The molecule has 1 unspecified atom stereocenters. The van der Waals surface area contributed by atoms with Crippen molar-refractivity contribution in [3.8, 4) is 0 Å². The van der Waals surface area contributed by atoms with Crippen molar-refractivity contribution in [2.75, 3.05) is 0 Å². The van der Waals surface area contributed by atoms with Gasteiger partial charge >= 0.3 is 0 Å². The summed E-state index contributed by atoms with van der Waals surface area (Å²) in [6, 6.07) is 2.47. The van der Waals surface area contributed by atoms with Crippen LogP contribution in [0.4, 0.5) is 0 Å². The molecule has 0 saturated carbocycles. The van der Waals surface area contributed by atoms with Gasteiger partial charge in [-0.2, -0.15) is 0 Å². The fraction of sp³-hybridized carbons (Fsp3) is 0.750. The van der Waals surface area contributed by atoms with Crippen LogP contribution in [0.15, 0.2) is 10.6 Å². The standard InChI is InChI=1S/C12H22N2O/c1-6-10-7-11(15-14-10)8-13-9(2)12(3,4)5/h7,9,13H,6,8H2,1-5H3. The maximum atomic E-state index is 5.21. The molecule has 1 aromatic heterocycles. The van der Waals surface area contributed by atoms with Crippen molar-refractivity contribution in [3.63, 3.8) is 0 Å². The van der Waals surface area contributed by atoms with Crippen molar-refractivity contribution in [3.05, 3.63) is 17.5 Å². The van der Waals surface area contributed by atoms with E-state index in [9.17, 15) is 0 Å². The normalized spacial score (nSPS) is 14.2. The molecule has 0 fully saturated rings. The molecular weight excluding hydrogens is 188 g/mol. The molecule has 86 valence electrons. The molecule has 0 radical (unpaired) electrons. The Balaban J connectivity index is 2.43. The maximum Gasteiger partial charge on any atom is 0.150 e. The van der Waals surface area contributed by atoms with Crippen molar-refractivity contribution in [2.45, 2.75) is 53.6 Å². The molecule has 1 rings (SSSR count). The number of aryl methyl sites for hydroxylation is 1. The van der Waals surface area contributed by atoms with Crippen LogP contribution >= 0.6 is 0 Å².